The van der Waals surface area contributed by atoms with Crippen LogP contribution in [0.1, 0.15) is 0 Å². The summed E-state index contributed by atoms with van der Waals surface area (Å²) >= 11 is 3.31. The standard InChI is InChI=1S/C5H9BrNO/c1-7-2-3-8-5(6)4-7/h4-5H,2-3H2,1H3. The molecule has 1 rings (SSSR count). The Hall–Kier alpha value is 0.400. The largest absolute Gasteiger partial charge is 0.364 e. The van der Waals surface area contributed by atoms with Gasteiger partial charge in [0.15, 0.2) is 0 Å². The molecule has 8 heavy (non-hydrogen) atoms. The fraction of sp³-hybridized carbons (Fsp3) is 0.800. The number of hydrogen-bond acceptors (Lipinski definition) is 2. The van der Waals surface area contributed by atoms with Gasteiger partial charge in [0.2, 0.25) is 0 Å². The van der Waals surface area contributed by atoms with Crippen molar-refractivity contribution < 1.29 is 4.74 Å². The van der Waals surface area contributed by atoms with E-state index in [4.69, 9.17) is 4.74 Å². The molecule has 0 saturated carbocycles. The van der Waals surface area contributed by atoms with Crippen LogP contribution in [-0.2, 0) is 4.74 Å². The molecule has 0 aliphatic carbocycles. The van der Waals surface area contributed by atoms with Crippen molar-refractivity contribution in [3.8, 4) is 0 Å². The molecule has 0 aromatic rings. The third-order valence-electron chi connectivity index (χ3n) is 1.09. The first-order valence-electron chi connectivity index (χ1n) is 2.60. The quantitative estimate of drug-likeness (QED) is 0.510. The van der Waals surface area contributed by atoms with Crippen LogP contribution in [0.3, 0.4) is 0 Å². The van der Waals surface area contributed by atoms with Crippen LogP contribution in [-0.4, -0.2) is 30.1 Å². The SMILES string of the molecule is CN1[CH]C(Br)OCC1. The van der Waals surface area contributed by atoms with E-state index in [0.717, 1.165) is 13.2 Å². The summed E-state index contributed by atoms with van der Waals surface area (Å²) in [7, 11) is 2.04. The van der Waals surface area contributed by atoms with Gasteiger partial charge >= 0.3 is 0 Å². The van der Waals surface area contributed by atoms with Crippen LogP contribution >= 0.6 is 15.9 Å². The summed E-state index contributed by atoms with van der Waals surface area (Å²) < 4.78 is 5.17. The number of likely N-dealkylation sites (N-methyl/N-ethyl adjacent to an activating group) is 1. The highest BCUT2D eigenvalue weighted by molar-refractivity contribution is 9.09. The van der Waals surface area contributed by atoms with Gasteiger partial charge < -0.3 is 4.74 Å². The molecule has 2 nitrogen and oxygen atoms in total. The van der Waals surface area contributed by atoms with Crippen LogP contribution in [0.15, 0.2) is 0 Å². The van der Waals surface area contributed by atoms with Gasteiger partial charge in [0.25, 0.3) is 0 Å². The van der Waals surface area contributed by atoms with Crippen LogP contribution in [0, 0.1) is 6.54 Å². The molecule has 1 fully saturated rings. The highest BCUT2D eigenvalue weighted by Gasteiger charge is 2.13. The lowest BCUT2D eigenvalue weighted by molar-refractivity contribution is 0.0625. The highest BCUT2D eigenvalue weighted by Crippen LogP contribution is 2.11. The molecule has 47 valence electrons. The number of ether oxygens (including phenoxy) is 1. The Labute approximate surface area is 57.9 Å². The van der Waals surface area contributed by atoms with Gasteiger partial charge in [0.1, 0.15) is 5.01 Å². The summed E-state index contributed by atoms with van der Waals surface area (Å²) in [5.74, 6) is 0. The highest BCUT2D eigenvalue weighted by atomic mass is 79.9. The molecule has 0 aromatic heterocycles. The van der Waals surface area contributed by atoms with Crippen molar-refractivity contribution in [1.82, 2.24) is 4.90 Å². The molecule has 0 bridgehead atoms. The van der Waals surface area contributed by atoms with Gasteiger partial charge in [-0.1, -0.05) is 15.9 Å². The predicted molar refractivity (Wildman–Crippen MR) is 35.6 cm³/mol. The Kier molecular flexibility index (Phi) is 2.28. The lowest BCUT2D eigenvalue weighted by Gasteiger charge is -2.25. The van der Waals surface area contributed by atoms with E-state index in [9.17, 15) is 0 Å². The maximum Gasteiger partial charge on any atom is 0.129 e. The zero-order valence-electron chi connectivity index (χ0n) is 4.80. The van der Waals surface area contributed by atoms with Crippen LogP contribution in [0.4, 0.5) is 0 Å². The molecule has 1 unspecified atom stereocenters. The van der Waals surface area contributed by atoms with E-state index in [1.54, 1.807) is 0 Å². The second-order valence-electron chi connectivity index (χ2n) is 1.85. The summed E-state index contributed by atoms with van der Waals surface area (Å²) in [5.41, 5.74) is 0. The summed E-state index contributed by atoms with van der Waals surface area (Å²) in [6.45, 7) is 3.83. The van der Waals surface area contributed by atoms with Gasteiger partial charge in [-0.3, -0.25) is 4.90 Å². The number of alkyl halides is 1. The van der Waals surface area contributed by atoms with E-state index >= 15 is 0 Å². The van der Waals surface area contributed by atoms with Gasteiger partial charge in [-0.2, -0.15) is 0 Å². The van der Waals surface area contributed by atoms with E-state index in [1.165, 1.54) is 0 Å². The number of rotatable bonds is 0. The minimum atomic E-state index is 0.126. The van der Waals surface area contributed by atoms with Crippen LogP contribution < -0.4 is 0 Å². The molecule has 0 aromatic carbocycles. The van der Waals surface area contributed by atoms with E-state index in [1.807, 2.05) is 13.6 Å². The second-order valence-corrected chi connectivity index (χ2v) is 2.75. The summed E-state index contributed by atoms with van der Waals surface area (Å²) in [6, 6.07) is 0. The molecule has 0 amide bonds. The zero-order chi connectivity index (χ0) is 5.98. The van der Waals surface area contributed by atoms with Crippen molar-refractivity contribution in [3.05, 3.63) is 6.54 Å². The Morgan fingerprint density at radius 2 is 2.62 bits per heavy atom. The second kappa shape index (κ2) is 2.80. The maximum absolute atomic E-state index is 5.17. The molecule has 0 spiro atoms. The molecule has 1 aliphatic heterocycles. The summed E-state index contributed by atoms with van der Waals surface area (Å²) in [6.07, 6.45) is 0. The van der Waals surface area contributed by atoms with Crippen molar-refractivity contribution in [3.63, 3.8) is 0 Å². The Morgan fingerprint density at radius 1 is 1.88 bits per heavy atom. The molecule has 1 saturated heterocycles. The van der Waals surface area contributed by atoms with Crippen molar-refractivity contribution in [2.45, 2.75) is 5.01 Å². The Balaban J connectivity index is 2.23. The van der Waals surface area contributed by atoms with Crippen molar-refractivity contribution in [2.24, 2.45) is 0 Å². The molecular formula is C5H9BrNO. The first-order chi connectivity index (χ1) is 3.79. The van der Waals surface area contributed by atoms with E-state index in [2.05, 4.69) is 20.8 Å². The van der Waals surface area contributed by atoms with Crippen LogP contribution in [0.5, 0.6) is 0 Å². The Bertz CT molecular complexity index is 70.8. The van der Waals surface area contributed by atoms with Crippen molar-refractivity contribution >= 4 is 15.9 Å². The average Bonchev–Trinajstić information content (AvgIpc) is 1.64. The van der Waals surface area contributed by atoms with Gasteiger partial charge in [-0.05, 0) is 7.05 Å². The summed E-state index contributed by atoms with van der Waals surface area (Å²) in [4.78, 5) is 2.11. The average molecular weight is 179 g/mol. The van der Waals surface area contributed by atoms with Gasteiger partial charge in [0.05, 0.1) is 13.2 Å². The zero-order valence-corrected chi connectivity index (χ0v) is 6.39. The van der Waals surface area contributed by atoms with Gasteiger partial charge in [0, 0.05) is 6.54 Å². The van der Waals surface area contributed by atoms with E-state index < -0.39 is 0 Å². The number of halogens is 1. The maximum atomic E-state index is 5.17. The van der Waals surface area contributed by atoms with Crippen molar-refractivity contribution in [1.29, 1.82) is 0 Å². The minimum Gasteiger partial charge on any atom is -0.364 e. The fourth-order valence-corrected chi connectivity index (χ4v) is 1.22. The normalized spacial score (nSPS) is 33.0. The number of nitrogens with zero attached hydrogens (tertiary/aromatic N) is 1. The monoisotopic (exact) mass is 178 g/mol. The third kappa shape index (κ3) is 1.73. The fourth-order valence-electron chi connectivity index (χ4n) is 0.627. The number of hydrogen-bond donors (Lipinski definition) is 0. The molecule has 0 N–H and O–H groups in total. The molecule has 1 aliphatic rings. The van der Waals surface area contributed by atoms with Crippen LogP contribution in [0.25, 0.3) is 0 Å². The van der Waals surface area contributed by atoms with Crippen LogP contribution in [0.2, 0.25) is 0 Å². The molecular weight excluding hydrogens is 170 g/mol. The van der Waals surface area contributed by atoms with E-state index in [0.29, 0.717) is 0 Å². The lowest BCUT2D eigenvalue weighted by Crippen LogP contribution is -2.32. The molecule has 1 radical (unpaired) electrons. The predicted octanol–water partition coefficient (Wildman–Crippen LogP) is 0.831. The van der Waals surface area contributed by atoms with E-state index in [-0.39, 0.29) is 5.01 Å². The molecule has 3 heteroatoms. The Morgan fingerprint density at radius 3 is 3.00 bits per heavy atom. The summed E-state index contributed by atoms with van der Waals surface area (Å²) in [5, 5.41) is 0.126. The lowest BCUT2D eigenvalue weighted by atomic mass is 10.5. The van der Waals surface area contributed by atoms with Crippen molar-refractivity contribution in [2.75, 3.05) is 20.2 Å². The minimum absolute atomic E-state index is 0.126. The number of morpholine rings is 1. The third-order valence-corrected chi connectivity index (χ3v) is 1.59. The first kappa shape index (κ1) is 6.52. The van der Waals surface area contributed by atoms with Gasteiger partial charge in [-0.25, -0.2) is 0 Å². The molecule has 1 atom stereocenters. The topological polar surface area (TPSA) is 12.5 Å². The van der Waals surface area contributed by atoms with Gasteiger partial charge in [-0.15, -0.1) is 0 Å². The molecule has 1 heterocycles. The smallest absolute Gasteiger partial charge is 0.129 e. The first-order valence-corrected chi connectivity index (χ1v) is 3.51.